The van der Waals surface area contributed by atoms with Crippen LogP contribution in [0.5, 0.6) is 11.5 Å². The van der Waals surface area contributed by atoms with Gasteiger partial charge < -0.3 is 19.5 Å². The molecule has 2 aromatic rings. The van der Waals surface area contributed by atoms with Crippen molar-refractivity contribution in [2.75, 3.05) is 26.2 Å². The predicted molar refractivity (Wildman–Crippen MR) is 119 cm³/mol. The first-order chi connectivity index (χ1) is 13.9. The van der Waals surface area contributed by atoms with Gasteiger partial charge in [0.2, 0.25) is 0 Å². The van der Waals surface area contributed by atoms with Gasteiger partial charge in [-0.3, -0.25) is 4.90 Å². The number of allylic oxidation sites excluding steroid dienone is 1. The molecule has 0 radical (unpaired) electrons. The molecule has 29 heavy (non-hydrogen) atoms. The second-order valence-electron chi connectivity index (χ2n) is 6.27. The van der Waals surface area contributed by atoms with Crippen molar-refractivity contribution in [3.63, 3.8) is 0 Å². The number of anilines is 1. The van der Waals surface area contributed by atoms with Crippen molar-refractivity contribution in [3.05, 3.63) is 63.8 Å². The molecule has 6 nitrogen and oxygen atoms in total. The topological polar surface area (TPSA) is 60.0 Å². The van der Waals surface area contributed by atoms with Gasteiger partial charge in [-0.25, -0.2) is 4.79 Å². The summed E-state index contributed by atoms with van der Waals surface area (Å²) in [7, 11) is 4.49. The number of methoxy groups -OCH3 is 3. The van der Waals surface area contributed by atoms with E-state index in [1.807, 2.05) is 48.2 Å². The number of carbonyl (C=O) groups is 1. The molecule has 0 spiro atoms. The summed E-state index contributed by atoms with van der Waals surface area (Å²) in [6.45, 7) is 1.85. The Morgan fingerprint density at radius 3 is 2.48 bits per heavy atom. The molecule has 8 heteroatoms. The minimum absolute atomic E-state index is 0.438. The Labute approximate surface area is 183 Å². The van der Waals surface area contributed by atoms with Gasteiger partial charge in [0.15, 0.2) is 16.6 Å². The number of para-hydroxylation sites is 1. The Bertz CT molecular complexity index is 992. The van der Waals surface area contributed by atoms with Crippen LogP contribution in [0.1, 0.15) is 18.5 Å². The predicted octanol–water partition coefficient (Wildman–Crippen LogP) is 4.35. The summed E-state index contributed by atoms with van der Waals surface area (Å²) in [6, 6.07) is 12.6. The van der Waals surface area contributed by atoms with Crippen LogP contribution in [0.4, 0.5) is 5.69 Å². The monoisotopic (exact) mass is 476 g/mol. The van der Waals surface area contributed by atoms with E-state index in [-0.39, 0.29) is 0 Å². The summed E-state index contributed by atoms with van der Waals surface area (Å²) in [5.74, 6) is 0.641. The number of benzene rings is 2. The zero-order valence-corrected chi connectivity index (χ0v) is 18.9. The van der Waals surface area contributed by atoms with Gasteiger partial charge in [-0.15, -0.1) is 0 Å². The number of rotatable bonds is 5. The quantitative estimate of drug-likeness (QED) is 0.508. The maximum absolute atomic E-state index is 12.8. The molecule has 0 bridgehead atoms. The average Bonchev–Trinajstić information content (AvgIpc) is 2.72. The van der Waals surface area contributed by atoms with Gasteiger partial charge >= 0.3 is 5.97 Å². The van der Waals surface area contributed by atoms with Gasteiger partial charge in [-0.1, -0.05) is 34.1 Å². The Morgan fingerprint density at radius 2 is 1.86 bits per heavy atom. The maximum atomic E-state index is 12.8. The zero-order valence-electron chi connectivity index (χ0n) is 16.5. The molecule has 1 atom stereocenters. The van der Waals surface area contributed by atoms with Crippen LogP contribution in [0, 0.1) is 0 Å². The average molecular weight is 477 g/mol. The molecular weight excluding hydrogens is 456 g/mol. The van der Waals surface area contributed by atoms with E-state index in [4.69, 9.17) is 26.4 Å². The van der Waals surface area contributed by atoms with E-state index >= 15 is 0 Å². The first-order valence-electron chi connectivity index (χ1n) is 8.79. The van der Waals surface area contributed by atoms with Crippen molar-refractivity contribution in [2.45, 2.75) is 13.0 Å². The standard InChI is InChI=1S/C21H21BrN2O4S/c1-12-17(20(25)28-4)18(15-9-6-10-16(26-2)19(15)27-3)23-21(29)24(12)14-8-5-7-13(22)11-14/h5-11,18H,1-4H3,(H,23,29)/t18-/m1/s1. The van der Waals surface area contributed by atoms with Gasteiger partial charge in [-0.2, -0.15) is 0 Å². The van der Waals surface area contributed by atoms with Crippen LogP contribution in [0.2, 0.25) is 0 Å². The Kier molecular flexibility index (Phi) is 6.44. The highest BCUT2D eigenvalue weighted by Gasteiger charge is 2.37. The normalized spacial score (nSPS) is 16.4. The molecule has 0 saturated heterocycles. The summed E-state index contributed by atoms with van der Waals surface area (Å²) in [5.41, 5.74) is 2.66. The van der Waals surface area contributed by atoms with E-state index in [9.17, 15) is 4.79 Å². The molecule has 1 N–H and O–H groups in total. The molecule has 1 heterocycles. The summed E-state index contributed by atoms with van der Waals surface area (Å²) in [5, 5.41) is 3.73. The first-order valence-corrected chi connectivity index (χ1v) is 9.99. The van der Waals surface area contributed by atoms with E-state index < -0.39 is 12.0 Å². The molecular formula is C21H21BrN2O4S. The maximum Gasteiger partial charge on any atom is 0.337 e. The molecule has 3 rings (SSSR count). The van der Waals surface area contributed by atoms with Gasteiger partial charge in [0.25, 0.3) is 0 Å². The lowest BCUT2D eigenvalue weighted by atomic mass is 9.93. The van der Waals surface area contributed by atoms with E-state index in [1.54, 1.807) is 20.3 Å². The second-order valence-corrected chi connectivity index (χ2v) is 7.57. The molecule has 0 aliphatic carbocycles. The molecule has 0 fully saturated rings. The number of hydrogen-bond donors (Lipinski definition) is 1. The molecule has 152 valence electrons. The number of nitrogens with zero attached hydrogens (tertiary/aromatic N) is 1. The van der Waals surface area contributed by atoms with Gasteiger partial charge in [-0.05, 0) is 43.4 Å². The summed E-state index contributed by atoms with van der Waals surface area (Å²) >= 11 is 9.15. The van der Waals surface area contributed by atoms with Crippen LogP contribution < -0.4 is 19.7 Å². The highest BCUT2D eigenvalue weighted by atomic mass is 79.9. The molecule has 1 aliphatic heterocycles. The van der Waals surface area contributed by atoms with Gasteiger partial charge in [0.1, 0.15) is 0 Å². The third-order valence-electron chi connectivity index (χ3n) is 4.70. The first kappa shape index (κ1) is 21.1. The van der Waals surface area contributed by atoms with Crippen LogP contribution in [0.25, 0.3) is 0 Å². The Balaban J connectivity index is 2.20. The Hall–Kier alpha value is -2.58. The number of ether oxygens (including phenoxy) is 3. The lowest BCUT2D eigenvalue weighted by molar-refractivity contribution is -0.136. The molecule has 0 saturated carbocycles. The zero-order chi connectivity index (χ0) is 21.1. The lowest BCUT2D eigenvalue weighted by Crippen LogP contribution is -2.48. The minimum atomic E-state index is -0.552. The number of esters is 1. The van der Waals surface area contributed by atoms with Crippen LogP contribution in [-0.2, 0) is 9.53 Å². The summed E-state index contributed by atoms with van der Waals surface area (Å²) in [4.78, 5) is 14.6. The SMILES string of the molecule is COC(=O)C1=C(C)N(c2cccc(Br)c2)C(=S)N[C@@H]1c1cccc(OC)c1OC. The highest BCUT2D eigenvalue weighted by molar-refractivity contribution is 9.10. The number of carbonyl (C=O) groups excluding carboxylic acids is 1. The lowest BCUT2D eigenvalue weighted by Gasteiger charge is -2.37. The molecule has 0 amide bonds. The number of thiocarbonyl (C=S) groups is 1. The summed E-state index contributed by atoms with van der Waals surface area (Å²) < 4.78 is 17.0. The smallest absolute Gasteiger partial charge is 0.337 e. The van der Waals surface area contributed by atoms with E-state index in [0.717, 1.165) is 15.7 Å². The molecule has 0 aromatic heterocycles. The van der Waals surface area contributed by atoms with Gasteiger partial charge in [0, 0.05) is 21.4 Å². The molecule has 0 unspecified atom stereocenters. The van der Waals surface area contributed by atoms with Crippen molar-refractivity contribution in [1.82, 2.24) is 5.32 Å². The van der Waals surface area contributed by atoms with Crippen LogP contribution in [-0.4, -0.2) is 32.4 Å². The molecule has 2 aromatic carbocycles. The largest absolute Gasteiger partial charge is 0.493 e. The third-order valence-corrected chi connectivity index (χ3v) is 5.49. The second kappa shape index (κ2) is 8.84. The summed E-state index contributed by atoms with van der Waals surface area (Å²) in [6.07, 6.45) is 0. The fourth-order valence-electron chi connectivity index (χ4n) is 3.42. The van der Waals surface area contributed by atoms with Crippen molar-refractivity contribution < 1.29 is 19.0 Å². The van der Waals surface area contributed by atoms with E-state index in [0.29, 0.717) is 27.9 Å². The van der Waals surface area contributed by atoms with E-state index in [2.05, 4.69) is 21.2 Å². The number of hydrogen-bond acceptors (Lipinski definition) is 5. The van der Waals surface area contributed by atoms with E-state index in [1.165, 1.54) is 7.11 Å². The van der Waals surface area contributed by atoms with Crippen molar-refractivity contribution in [1.29, 1.82) is 0 Å². The van der Waals surface area contributed by atoms with Crippen molar-refractivity contribution >= 4 is 44.9 Å². The molecule has 1 aliphatic rings. The fraction of sp³-hybridized carbons (Fsp3) is 0.238. The van der Waals surface area contributed by atoms with Crippen molar-refractivity contribution in [3.8, 4) is 11.5 Å². The Morgan fingerprint density at radius 1 is 1.14 bits per heavy atom. The minimum Gasteiger partial charge on any atom is -0.493 e. The fourth-order valence-corrected chi connectivity index (χ4v) is 4.16. The van der Waals surface area contributed by atoms with Crippen molar-refractivity contribution in [2.24, 2.45) is 0 Å². The van der Waals surface area contributed by atoms with Crippen LogP contribution in [0.3, 0.4) is 0 Å². The van der Waals surface area contributed by atoms with Crippen LogP contribution in [0.15, 0.2) is 58.2 Å². The number of halogens is 1. The highest BCUT2D eigenvalue weighted by Crippen LogP contribution is 2.41. The number of nitrogens with one attached hydrogen (secondary N) is 1. The van der Waals surface area contributed by atoms with Crippen LogP contribution >= 0.6 is 28.1 Å². The third kappa shape index (κ3) is 3.95. The van der Waals surface area contributed by atoms with Gasteiger partial charge in [0.05, 0.1) is 32.9 Å².